The highest BCUT2D eigenvalue weighted by atomic mass is 19.4. The molecule has 0 saturated heterocycles. The van der Waals surface area contributed by atoms with E-state index in [2.05, 4.69) is 30.3 Å². The van der Waals surface area contributed by atoms with E-state index in [4.69, 9.17) is 24.5 Å². The largest absolute Gasteiger partial charge is 0.490 e. The van der Waals surface area contributed by atoms with Gasteiger partial charge in [0.15, 0.2) is 5.65 Å². The number of rotatable bonds is 4. The highest BCUT2D eigenvalue weighted by molar-refractivity contribution is 5.73. The molecule has 0 aromatic carbocycles. The van der Waals surface area contributed by atoms with E-state index in [0.29, 0.717) is 12.5 Å². The SMILES string of the molecule is O=C(O)C(F)(F)F.O=C(O)C(F)(F)F.c1ccc(OCC2CN(c3ccc4nncn4n3)Cc3ccnn32)nc1. The lowest BCUT2D eigenvalue weighted by atomic mass is 10.2. The fraction of sp³-hybridized carbons (Fsp3) is 0.286. The summed E-state index contributed by atoms with van der Waals surface area (Å²) in [5.74, 6) is -4.03. The first-order chi connectivity index (χ1) is 18.8. The summed E-state index contributed by atoms with van der Waals surface area (Å²) >= 11 is 0. The van der Waals surface area contributed by atoms with E-state index >= 15 is 0 Å². The predicted molar refractivity (Wildman–Crippen MR) is 120 cm³/mol. The molecule has 4 aromatic rings. The molecule has 5 rings (SSSR count). The molecule has 2 N–H and O–H groups in total. The van der Waals surface area contributed by atoms with Gasteiger partial charge in [-0.15, -0.1) is 15.3 Å². The molecule has 214 valence electrons. The first-order valence-corrected chi connectivity index (χ1v) is 10.8. The third-order valence-corrected chi connectivity index (χ3v) is 4.90. The third-order valence-electron chi connectivity index (χ3n) is 4.90. The van der Waals surface area contributed by atoms with E-state index in [1.165, 1.54) is 0 Å². The maximum Gasteiger partial charge on any atom is 0.490 e. The number of hydrogen-bond acceptors (Lipinski definition) is 9. The average molecular weight is 576 g/mol. The van der Waals surface area contributed by atoms with Crippen LogP contribution in [-0.4, -0.2) is 82.2 Å². The van der Waals surface area contributed by atoms with E-state index in [1.807, 2.05) is 47.3 Å². The van der Waals surface area contributed by atoms with E-state index in [9.17, 15) is 26.3 Å². The second kappa shape index (κ2) is 12.3. The van der Waals surface area contributed by atoms with Gasteiger partial charge in [0.25, 0.3) is 0 Å². The summed E-state index contributed by atoms with van der Waals surface area (Å²) in [4.78, 5) is 24.2. The number of fused-ring (bicyclic) bond motifs is 2. The van der Waals surface area contributed by atoms with Crippen LogP contribution in [0.15, 0.2) is 55.1 Å². The van der Waals surface area contributed by atoms with E-state index in [0.717, 1.165) is 30.2 Å². The summed E-state index contributed by atoms with van der Waals surface area (Å²) < 4.78 is 73.0. The van der Waals surface area contributed by atoms with E-state index in [1.54, 1.807) is 17.0 Å². The minimum atomic E-state index is -5.08. The predicted octanol–water partition coefficient (Wildman–Crippen LogP) is 2.62. The number of anilines is 1. The number of carboxylic acid groups (broad SMARTS) is 2. The van der Waals surface area contributed by atoms with Crippen LogP contribution in [0.4, 0.5) is 32.2 Å². The Labute approximate surface area is 219 Å². The molecule has 1 aliphatic heterocycles. The van der Waals surface area contributed by atoms with Crippen LogP contribution in [0.5, 0.6) is 5.88 Å². The van der Waals surface area contributed by atoms with Gasteiger partial charge in [-0.05, 0) is 24.3 Å². The van der Waals surface area contributed by atoms with Crippen molar-refractivity contribution in [2.45, 2.75) is 24.9 Å². The molecule has 4 aromatic heterocycles. The molecule has 0 bridgehead atoms. The molecule has 5 heterocycles. The molecular formula is C21H18F6N8O5. The van der Waals surface area contributed by atoms with Crippen molar-refractivity contribution in [3.63, 3.8) is 0 Å². The number of alkyl halides is 6. The molecule has 13 nitrogen and oxygen atoms in total. The number of ether oxygens (including phenoxy) is 1. The number of aliphatic carboxylic acids is 2. The molecule has 1 atom stereocenters. The normalized spacial score (nSPS) is 14.8. The second-order valence-electron chi connectivity index (χ2n) is 7.71. The van der Waals surface area contributed by atoms with Gasteiger partial charge in [0.1, 0.15) is 24.8 Å². The standard InChI is InChI=1S/C17H16N8O.2C2HF3O2/c1-2-7-18-17(3-1)26-11-14-10-23(9-13-6-8-20-25(13)14)16-5-4-15-21-19-12-24(15)22-16;2*3-2(4,5)1(6)7/h1-8,12,14H,9-11H2;2*(H,6,7). The Kier molecular flexibility index (Phi) is 9.07. The lowest BCUT2D eigenvalue weighted by Crippen LogP contribution is -2.40. The lowest BCUT2D eigenvalue weighted by molar-refractivity contribution is -0.193. The Hall–Kier alpha value is -4.97. The Bertz CT molecular complexity index is 1400. The number of carboxylic acids is 2. The number of hydrogen-bond donors (Lipinski definition) is 2. The molecule has 0 radical (unpaired) electrons. The van der Waals surface area contributed by atoms with Gasteiger partial charge in [-0.1, -0.05) is 6.07 Å². The van der Waals surface area contributed by atoms with Crippen molar-refractivity contribution in [3.8, 4) is 5.88 Å². The number of nitrogens with zero attached hydrogens (tertiary/aromatic N) is 8. The molecule has 0 aliphatic carbocycles. The zero-order chi connectivity index (χ0) is 29.5. The van der Waals surface area contributed by atoms with Crippen molar-refractivity contribution >= 4 is 23.4 Å². The molecule has 40 heavy (non-hydrogen) atoms. The first kappa shape index (κ1) is 29.6. The van der Waals surface area contributed by atoms with Gasteiger partial charge < -0.3 is 19.8 Å². The molecule has 1 aliphatic rings. The minimum Gasteiger partial charge on any atom is -0.475 e. The zero-order valence-electron chi connectivity index (χ0n) is 19.9. The smallest absolute Gasteiger partial charge is 0.475 e. The topological polar surface area (TPSA) is 161 Å². The molecule has 0 fully saturated rings. The fourth-order valence-corrected chi connectivity index (χ4v) is 3.19. The maximum absolute atomic E-state index is 10.6. The van der Waals surface area contributed by atoms with E-state index < -0.39 is 24.3 Å². The van der Waals surface area contributed by atoms with Gasteiger partial charge in [-0.25, -0.2) is 14.6 Å². The Morgan fingerprint density at radius 1 is 0.975 bits per heavy atom. The molecule has 0 amide bonds. The lowest BCUT2D eigenvalue weighted by Gasteiger charge is -2.34. The van der Waals surface area contributed by atoms with Gasteiger partial charge in [-0.3, -0.25) is 4.68 Å². The van der Waals surface area contributed by atoms with Crippen LogP contribution in [0, 0.1) is 0 Å². The average Bonchev–Trinajstić information content (AvgIpc) is 3.56. The van der Waals surface area contributed by atoms with Gasteiger partial charge in [-0.2, -0.15) is 36.0 Å². The zero-order valence-corrected chi connectivity index (χ0v) is 19.9. The Morgan fingerprint density at radius 3 is 2.25 bits per heavy atom. The molecule has 19 heteroatoms. The van der Waals surface area contributed by atoms with Crippen molar-refractivity contribution in [2.24, 2.45) is 0 Å². The van der Waals surface area contributed by atoms with Crippen LogP contribution in [0.25, 0.3) is 5.65 Å². The molecular weight excluding hydrogens is 558 g/mol. The Morgan fingerprint density at radius 2 is 1.65 bits per heavy atom. The number of pyridine rings is 1. The molecule has 1 unspecified atom stereocenters. The van der Waals surface area contributed by atoms with Gasteiger partial charge in [0.05, 0.1) is 12.2 Å². The highest BCUT2D eigenvalue weighted by Gasteiger charge is 2.38. The van der Waals surface area contributed by atoms with Crippen LogP contribution in [-0.2, 0) is 16.1 Å². The van der Waals surface area contributed by atoms with Gasteiger partial charge in [0, 0.05) is 25.0 Å². The monoisotopic (exact) mass is 576 g/mol. The number of halogens is 6. The van der Waals surface area contributed by atoms with Crippen LogP contribution >= 0.6 is 0 Å². The quantitative estimate of drug-likeness (QED) is 0.344. The minimum absolute atomic E-state index is 0.0640. The van der Waals surface area contributed by atoms with Crippen molar-refractivity contribution in [2.75, 3.05) is 18.1 Å². The third kappa shape index (κ3) is 8.01. The van der Waals surface area contributed by atoms with Crippen molar-refractivity contribution in [1.82, 2.24) is 34.6 Å². The summed E-state index contributed by atoms with van der Waals surface area (Å²) in [6.07, 6.45) is -5.02. The molecule has 0 saturated carbocycles. The van der Waals surface area contributed by atoms with Gasteiger partial charge >= 0.3 is 24.3 Å². The summed E-state index contributed by atoms with van der Waals surface area (Å²) in [6.45, 7) is 1.96. The summed E-state index contributed by atoms with van der Waals surface area (Å²) in [6, 6.07) is 11.6. The number of aromatic nitrogens is 7. The van der Waals surface area contributed by atoms with Crippen molar-refractivity contribution < 1.29 is 50.9 Å². The Balaban J connectivity index is 0.000000263. The van der Waals surface area contributed by atoms with Crippen LogP contribution in [0.1, 0.15) is 11.7 Å². The van der Waals surface area contributed by atoms with Gasteiger partial charge in [0.2, 0.25) is 5.88 Å². The first-order valence-electron chi connectivity index (χ1n) is 10.8. The summed E-state index contributed by atoms with van der Waals surface area (Å²) in [5, 5.41) is 31.2. The maximum atomic E-state index is 10.6. The van der Waals surface area contributed by atoms with Crippen molar-refractivity contribution in [1.29, 1.82) is 0 Å². The fourth-order valence-electron chi connectivity index (χ4n) is 3.19. The van der Waals surface area contributed by atoms with Crippen LogP contribution in [0.2, 0.25) is 0 Å². The summed E-state index contributed by atoms with van der Waals surface area (Å²) in [5.41, 5.74) is 1.85. The number of carbonyl (C=O) groups is 2. The summed E-state index contributed by atoms with van der Waals surface area (Å²) in [7, 11) is 0. The van der Waals surface area contributed by atoms with Crippen LogP contribution < -0.4 is 9.64 Å². The highest BCUT2D eigenvalue weighted by Crippen LogP contribution is 2.25. The molecule has 0 spiro atoms. The van der Waals surface area contributed by atoms with Crippen LogP contribution in [0.3, 0.4) is 0 Å². The van der Waals surface area contributed by atoms with E-state index in [-0.39, 0.29) is 6.04 Å². The van der Waals surface area contributed by atoms with Crippen molar-refractivity contribution in [3.05, 3.63) is 60.8 Å². The second-order valence-corrected chi connectivity index (χ2v) is 7.71.